The summed E-state index contributed by atoms with van der Waals surface area (Å²) >= 11 is 0.355. The SMILES string of the molecule is CCc1ccc(-c2csc(NC(=O)C(F)(F)C(F)(F)C(F)(F)C(F)(F)C(F)(F)C(F)F)n2)cc1. The van der Waals surface area contributed by atoms with Crippen LogP contribution in [0, 0.1) is 0 Å². The van der Waals surface area contributed by atoms with Gasteiger partial charge < -0.3 is 0 Å². The summed E-state index contributed by atoms with van der Waals surface area (Å²) < 4.78 is 159. The summed E-state index contributed by atoms with van der Waals surface area (Å²) in [5, 5.41) is 1.29. The number of rotatable bonds is 9. The first-order valence-electron chi connectivity index (χ1n) is 8.88. The number of carbonyl (C=O) groups excluding carboxylic acids is 1. The second-order valence-electron chi connectivity index (χ2n) is 6.76. The summed E-state index contributed by atoms with van der Waals surface area (Å²) in [4.78, 5) is 15.2. The zero-order valence-corrected chi connectivity index (χ0v) is 17.3. The lowest BCUT2D eigenvalue weighted by molar-refractivity contribution is -0.406. The number of aromatic nitrogens is 1. The van der Waals surface area contributed by atoms with Gasteiger partial charge in [-0.25, -0.2) is 13.8 Å². The minimum absolute atomic E-state index is 0.0199. The standard InChI is InChI=1S/C18H12F12N2OS/c1-2-8-3-5-9(6-4-8)10-7-34-13(31-10)32-12(33)15(23,24)17(27,28)18(29,30)16(25,26)14(21,22)11(19)20/h3-7,11H,2H2,1H3,(H,31,32,33). The lowest BCUT2D eigenvalue weighted by atomic mass is 9.94. The second-order valence-corrected chi connectivity index (χ2v) is 7.62. The Labute approximate surface area is 186 Å². The van der Waals surface area contributed by atoms with E-state index in [0.717, 1.165) is 16.3 Å². The molecule has 0 aliphatic rings. The van der Waals surface area contributed by atoms with Gasteiger partial charge in [0.05, 0.1) is 5.69 Å². The molecule has 0 saturated carbocycles. The molecule has 0 bridgehead atoms. The van der Waals surface area contributed by atoms with E-state index in [2.05, 4.69) is 4.98 Å². The summed E-state index contributed by atoms with van der Waals surface area (Å²) in [7, 11) is 0. The molecular formula is C18H12F12N2OS. The van der Waals surface area contributed by atoms with Crippen molar-refractivity contribution in [3.05, 3.63) is 35.2 Å². The van der Waals surface area contributed by atoms with E-state index in [-0.39, 0.29) is 5.69 Å². The lowest BCUT2D eigenvalue weighted by Gasteiger charge is -2.38. The third-order valence-corrected chi connectivity index (χ3v) is 5.30. The number of amides is 1. The van der Waals surface area contributed by atoms with Crippen LogP contribution >= 0.6 is 11.3 Å². The van der Waals surface area contributed by atoms with E-state index in [1.165, 1.54) is 12.1 Å². The molecule has 1 heterocycles. The van der Waals surface area contributed by atoms with Gasteiger partial charge in [-0.1, -0.05) is 31.2 Å². The normalized spacial score (nSPS) is 13.9. The highest BCUT2D eigenvalue weighted by atomic mass is 32.1. The molecule has 0 aliphatic heterocycles. The van der Waals surface area contributed by atoms with Crippen molar-refractivity contribution in [3.63, 3.8) is 0 Å². The molecule has 0 aliphatic carbocycles. The fraction of sp³-hybridized carbons (Fsp3) is 0.444. The van der Waals surface area contributed by atoms with Crippen LogP contribution in [0.2, 0.25) is 0 Å². The minimum Gasteiger partial charge on any atom is -0.296 e. The highest BCUT2D eigenvalue weighted by molar-refractivity contribution is 7.14. The zero-order chi connectivity index (χ0) is 26.3. The maximum atomic E-state index is 13.9. The molecule has 0 unspecified atom stereocenters. The Balaban J connectivity index is 2.32. The number of hydrogen-bond donors (Lipinski definition) is 1. The smallest absolute Gasteiger partial charge is 0.296 e. The number of hydrogen-bond acceptors (Lipinski definition) is 3. The summed E-state index contributed by atoms with van der Waals surface area (Å²) in [5.41, 5.74) is 1.28. The summed E-state index contributed by atoms with van der Waals surface area (Å²) in [6.07, 6.45) is -4.96. The van der Waals surface area contributed by atoms with E-state index >= 15 is 0 Å². The van der Waals surface area contributed by atoms with Crippen LogP contribution in [-0.4, -0.2) is 46.9 Å². The Morgan fingerprint density at radius 1 is 0.912 bits per heavy atom. The first-order chi connectivity index (χ1) is 15.3. The number of carbonyl (C=O) groups is 1. The Kier molecular flexibility index (Phi) is 7.28. The van der Waals surface area contributed by atoms with E-state index in [0.29, 0.717) is 23.3 Å². The maximum absolute atomic E-state index is 13.9. The molecule has 1 aromatic carbocycles. The first-order valence-corrected chi connectivity index (χ1v) is 9.76. The number of alkyl halides is 12. The van der Waals surface area contributed by atoms with Crippen molar-refractivity contribution in [1.82, 2.24) is 4.98 Å². The van der Waals surface area contributed by atoms with Crippen molar-refractivity contribution < 1.29 is 57.5 Å². The van der Waals surface area contributed by atoms with Gasteiger partial charge in [0.25, 0.3) is 0 Å². The Bertz CT molecular complexity index is 1020. The third-order valence-electron chi connectivity index (χ3n) is 4.54. The van der Waals surface area contributed by atoms with Crippen LogP contribution in [0.4, 0.5) is 57.8 Å². The molecule has 0 atom stereocenters. The third kappa shape index (κ3) is 4.31. The molecule has 0 saturated heterocycles. The molecule has 1 N–H and O–H groups in total. The predicted octanol–water partition coefficient (Wildman–Crippen LogP) is 6.75. The summed E-state index contributed by atoms with van der Waals surface area (Å²) in [6, 6.07) is 6.35. The van der Waals surface area contributed by atoms with Gasteiger partial charge in [-0.15, -0.1) is 11.3 Å². The highest BCUT2D eigenvalue weighted by Gasteiger charge is 2.89. The van der Waals surface area contributed by atoms with Crippen LogP contribution in [0.3, 0.4) is 0 Å². The van der Waals surface area contributed by atoms with Gasteiger partial charge in [0.15, 0.2) is 5.13 Å². The Hall–Kier alpha value is -2.52. The van der Waals surface area contributed by atoms with Crippen molar-refractivity contribution in [3.8, 4) is 11.3 Å². The Morgan fingerprint density at radius 3 is 1.91 bits per heavy atom. The van der Waals surface area contributed by atoms with Crippen molar-refractivity contribution >= 4 is 22.4 Å². The fourth-order valence-electron chi connectivity index (χ4n) is 2.43. The number of benzene rings is 1. The van der Waals surface area contributed by atoms with Gasteiger partial charge in [-0.3, -0.25) is 10.1 Å². The van der Waals surface area contributed by atoms with E-state index < -0.39 is 47.1 Å². The molecule has 3 nitrogen and oxygen atoms in total. The zero-order valence-electron chi connectivity index (χ0n) is 16.5. The molecule has 190 valence electrons. The van der Waals surface area contributed by atoms with Crippen molar-refractivity contribution in [1.29, 1.82) is 0 Å². The van der Waals surface area contributed by atoms with Crippen LogP contribution in [0.15, 0.2) is 29.6 Å². The van der Waals surface area contributed by atoms with Crippen LogP contribution in [0.5, 0.6) is 0 Å². The van der Waals surface area contributed by atoms with E-state index in [9.17, 15) is 57.5 Å². The lowest BCUT2D eigenvalue weighted by Crippen LogP contribution is -2.70. The first kappa shape index (κ1) is 27.7. The monoisotopic (exact) mass is 532 g/mol. The van der Waals surface area contributed by atoms with Gasteiger partial charge in [0, 0.05) is 10.9 Å². The van der Waals surface area contributed by atoms with Crippen LogP contribution < -0.4 is 5.32 Å². The molecular weight excluding hydrogens is 520 g/mol. The number of anilines is 1. The van der Waals surface area contributed by atoms with Gasteiger partial charge in [0.1, 0.15) is 0 Å². The predicted molar refractivity (Wildman–Crippen MR) is 96.3 cm³/mol. The van der Waals surface area contributed by atoms with Crippen molar-refractivity contribution in [2.45, 2.75) is 49.4 Å². The van der Waals surface area contributed by atoms with Crippen LogP contribution in [-0.2, 0) is 11.2 Å². The molecule has 16 heteroatoms. The quantitative estimate of drug-likeness (QED) is 0.363. The molecule has 2 aromatic rings. The van der Waals surface area contributed by atoms with Gasteiger partial charge >= 0.3 is 41.9 Å². The molecule has 1 aromatic heterocycles. The number of nitrogens with zero attached hydrogens (tertiary/aromatic N) is 1. The molecule has 0 fully saturated rings. The number of thiazole rings is 1. The van der Waals surface area contributed by atoms with Gasteiger partial charge in [-0.2, -0.15) is 43.9 Å². The minimum atomic E-state index is -7.78. The van der Waals surface area contributed by atoms with Crippen LogP contribution in [0.25, 0.3) is 11.3 Å². The van der Waals surface area contributed by atoms with E-state index in [1.807, 2.05) is 6.92 Å². The molecule has 2 rings (SSSR count). The topological polar surface area (TPSA) is 42.0 Å². The van der Waals surface area contributed by atoms with E-state index in [4.69, 9.17) is 0 Å². The molecule has 0 radical (unpaired) electrons. The maximum Gasteiger partial charge on any atom is 0.393 e. The summed E-state index contributed by atoms with van der Waals surface area (Å²) in [5.74, 6) is -40.2. The molecule has 1 amide bonds. The number of nitrogens with one attached hydrogen (secondary N) is 1. The highest BCUT2D eigenvalue weighted by Crippen LogP contribution is 2.58. The fourth-order valence-corrected chi connectivity index (χ4v) is 3.15. The van der Waals surface area contributed by atoms with E-state index in [1.54, 1.807) is 12.1 Å². The van der Waals surface area contributed by atoms with Crippen molar-refractivity contribution in [2.24, 2.45) is 0 Å². The number of aryl methyl sites for hydroxylation is 1. The van der Waals surface area contributed by atoms with Gasteiger partial charge in [-0.05, 0) is 12.0 Å². The summed E-state index contributed by atoms with van der Waals surface area (Å²) in [6.45, 7) is 1.84. The largest absolute Gasteiger partial charge is 0.393 e. The average molecular weight is 532 g/mol. The molecule has 34 heavy (non-hydrogen) atoms. The number of halogens is 12. The molecule has 0 spiro atoms. The second kappa shape index (κ2) is 8.92. The Morgan fingerprint density at radius 2 is 1.44 bits per heavy atom. The van der Waals surface area contributed by atoms with Gasteiger partial charge in [0.2, 0.25) is 0 Å². The van der Waals surface area contributed by atoms with Crippen LogP contribution in [0.1, 0.15) is 12.5 Å². The van der Waals surface area contributed by atoms with Crippen molar-refractivity contribution in [2.75, 3.05) is 5.32 Å². The average Bonchev–Trinajstić information content (AvgIpc) is 3.21.